The minimum Gasteiger partial charge on any atom is -0.481 e. The molecule has 284 valence electrons. The van der Waals surface area contributed by atoms with Gasteiger partial charge >= 0.3 is 0 Å². The monoisotopic (exact) mass is 875 g/mol. The molecule has 6 rings (SSSR count). The molecule has 0 aliphatic carbocycles. The second kappa shape index (κ2) is 17.9. The smallest absolute Gasteiger partial charge is 0.267 e. The molecule has 0 saturated carbocycles. The standard InChI is InChI=1S/C39H31Cl6N5O4S/c1-20-11-14-32(21(2)15-20)54-22(3)38(51)48-30-9-4-5-10-33(30)55-36-37(49-50(39(36)52)34-28(44)16-23(40)17-29(34)45)47-31-18-24(12-13-25(31)41)46-19-53-35-26(42)7-6-8-27(35)43/h4-18,22,36,46H,19H2,1-3H3,(H,47,49)(H,48,51). The molecule has 2 amide bonds. The van der Waals surface area contributed by atoms with Crippen molar-refractivity contribution in [2.24, 2.45) is 4.99 Å². The lowest BCUT2D eigenvalue weighted by atomic mass is 10.1. The molecule has 16 heteroatoms. The maximum atomic E-state index is 14.3. The minimum atomic E-state index is -0.983. The molecule has 1 fully saturated rings. The van der Waals surface area contributed by atoms with Gasteiger partial charge in [0.05, 0.1) is 36.5 Å². The Bertz CT molecular complexity index is 2270. The number of aryl methyl sites for hydroxylation is 2. The molecule has 0 bridgehead atoms. The molecule has 1 aliphatic heterocycles. The minimum absolute atomic E-state index is 0.0223. The Hall–Kier alpha value is -4.00. The number of amidine groups is 1. The van der Waals surface area contributed by atoms with E-state index in [2.05, 4.69) is 16.1 Å². The highest BCUT2D eigenvalue weighted by atomic mass is 35.5. The number of hydrazine groups is 1. The average Bonchev–Trinajstić information content (AvgIpc) is 3.42. The van der Waals surface area contributed by atoms with E-state index >= 15 is 0 Å². The van der Waals surface area contributed by atoms with E-state index in [0.29, 0.717) is 53.5 Å². The second-order valence-corrected chi connectivity index (χ2v) is 15.8. The predicted octanol–water partition coefficient (Wildman–Crippen LogP) is 11.8. The summed E-state index contributed by atoms with van der Waals surface area (Å²) in [6.07, 6.45) is -0.828. The summed E-state index contributed by atoms with van der Waals surface area (Å²) in [5, 5.41) is 7.93. The Kier molecular flexibility index (Phi) is 13.2. The third kappa shape index (κ3) is 9.70. The van der Waals surface area contributed by atoms with Gasteiger partial charge in [-0.25, -0.2) is 10.0 Å². The van der Waals surface area contributed by atoms with Crippen molar-refractivity contribution in [1.82, 2.24) is 5.43 Å². The zero-order valence-corrected chi connectivity index (χ0v) is 34.6. The molecule has 0 radical (unpaired) electrons. The maximum absolute atomic E-state index is 14.3. The Morgan fingerprint density at radius 3 is 2.29 bits per heavy atom. The molecule has 1 heterocycles. The molecular formula is C39H31Cl6N5O4S. The lowest BCUT2D eigenvalue weighted by Gasteiger charge is -2.19. The number of aliphatic imine (C=N–C) groups is 1. The number of thioether (sulfide) groups is 1. The molecule has 5 aromatic rings. The van der Waals surface area contributed by atoms with Crippen LogP contribution in [0, 0.1) is 13.8 Å². The van der Waals surface area contributed by atoms with Crippen LogP contribution in [-0.4, -0.2) is 35.7 Å². The van der Waals surface area contributed by atoms with Crippen LogP contribution >= 0.6 is 81.4 Å². The molecular weight excluding hydrogens is 847 g/mol. The van der Waals surface area contributed by atoms with Gasteiger partial charge < -0.3 is 20.1 Å². The Labute approximate surface area is 352 Å². The number of benzene rings is 5. The third-order valence-corrected chi connectivity index (χ3v) is 11.1. The lowest BCUT2D eigenvalue weighted by molar-refractivity contribution is -0.122. The van der Waals surface area contributed by atoms with E-state index in [-0.39, 0.29) is 34.2 Å². The first-order valence-corrected chi connectivity index (χ1v) is 19.7. The molecule has 0 aromatic heterocycles. The second-order valence-electron chi connectivity index (χ2n) is 12.2. The average molecular weight is 878 g/mol. The third-order valence-electron chi connectivity index (χ3n) is 8.12. The number of hydrogen-bond donors (Lipinski definition) is 3. The molecule has 5 aromatic carbocycles. The van der Waals surface area contributed by atoms with E-state index in [0.717, 1.165) is 22.9 Å². The van der Waals surface area contributed by atoms with E-state index in [9.17, 15) is 9.59 Å². The predicted molar refractivity (Wildman–Crippen MR) is 227 cm³/mol. The van der Waals surface area contributed by atoms with Crippen LogP contribution in [0.3, 0.4) is 0 Å². The highest BCUT2D eigenvalue weighted by Crippen LogP contribution is 2.41. The van der Waals surface area contributed by atoms with Gasteiger partial charge in [-0.1, -0.05) is 106 Å². The Morgan fingerprint density at radius 1 is 0.873 bits per heavy atom. The van der Waals surface area contributed by atoms with E-state index in [1.54, 1.807) is 67.6 Å². The molecule has 55 heavy (non-hydrogen) atoms. The molecule has 0 spiro atoms. The van der Waals surface area contributed by atoms with Crippen LogP contribution in [0.5, 0.6) is 11.5 Å². The fourth-order valence-electron chi connectivity index (χ4n) is 5.43. The van der Waals surface area contributed by atoms with E-state index in [1.807, 2.05) is 32.0 Å². The molecule has 1 aliphatic rings. The number of ether oxygens (including phenoxy) is 2. The van der Waals surface area contributed by atoms with Crippen LogP contribution in [0.2, 0.25) is 30.1 Å². The first-order chi connectivity index (χ1) is 26.3. The van der Waals surface area contributed by atoms with Crippen molar-refractivity contribution in [1.29, 1.82) is 0 Å². The first kappa shape index (κ1) is 40.7. The van der Waals surface area contributed by atoms with Crippen molar-refractivity contribution in [2.75, 3.05) is 22.4 Å². The first-order valence-electron chi connectivity index (χ1n) is 16.5. The number of nitrogens with zero attached hydrogens (tertiary/aromatic N) is 2. The van der Waals surface area contributed by atoms with Crippen molar-refractivity contribution in [3.05, 3.63) is 132 Å². The quantitative estimate of drug-likeness (QED) is 0.107. The number of anilines is 3. The fourth-order valence-corrected chi connectivity index (χ4v) is 8.16. The van der Waals surface area contributed by atoms with Gasteiger partial charge in [0.15, 0.2) is 18.6 Å². The number of carbonyl (C=O) groups is 2. The van der Waals surface area contributed by atoms with E-state index in [1.165, 1.54) is 17.1 Å². The molecule has 1 saturated heterocycles. The number of amides is 2. The normalized spacial score (nSPS) is 15.1. The number of para-hydroxylation sites is 2. The van der Waals surface area contributed by atoms with Crippen LogP contribution in [-0.2, 0) is 9.59 Å². The molecule has 2 atom stereocenters. The van der Waals surface area contributed by atoms with Crippen molar-refractivity contribution in [3.8, 4) is 11.5 Å². The summed E-state index contributed by atoms with van der Waals surface area (Å²) in [6, 6.07) is 26.0. The number of carbonyl (C=O) groups excluding carboxylic acids is 2. The SMILES string of the molecule is Cc1ccc(OC(C)C(=O)Nc2ccccc2SC2C(=O)N(c3c(Cl)cc(Cl)cc3Cl)NC2=Nc2cc(NCOc3c(Cl)cccc3Cl)ccc2Cl)c(C)c1. The van der Waals surface area contributed by atoms with Crippen molar-refractivity contribution in [3.63, 3.8) is 0 Å². The lowest BCUT2D eigenvalue weighted by Crippen LogP contribution is -2.36. The fraction of sp³-hybridized carbons (Fsp3) is 0.154. The number of rotatable bonds is 12. The highest BCUT2D eigenvalue weighted by molar-refractivity contribution is 8.01. The summed E-state index contributed by atoms with van der Waals surface area (Å²) < 4.78 is 11.8. The summed E-state index contributed by atoms with van der Waals surface area (Å²) in [5.74, 6) is 0.326. The number of halogens is 6. The van der Waals surface area contributed by atoms with Crippen LogP contribution < -0.4 is 30.5 Å². The van der Waals surface area contributed by atoms with Gasteiger partial charge in [0.25, 0.3) is 11.8 Å². The van der Waals surface area contributed by atoms with Gasteiger partial charge in [-0.05, 0) is 87.0 Å². The zero-order chi connectivity index (χ0) is 39.4. The van der Waals surface area contributed by atoms with Crippen LogP contribution in [0.15, 0.2) is 101 Å². The number of nitrogens with one attached hydrogen (secondary N) is 3. The summed E-state index contributed by atoms with van der Waals surface area (Å²) in [4.78, 5) is 33.1. The van der Waals surface area contributed by atoms with Crippen LogP contribution in [0.4, 0.5) is 22.7 Å². The van der Waals surface area contributed by atoms with Gasteiger partial charge in [0.1, 0.15) is 22.5 Å². The van der Waals surface area contributed by atoms with Crippen molar-refractivity contribution < 1.29 is 19.1 Å². The van der Waals surface area contributed by atoms with Gasteiger partial charge in [-0.15, -0.1) is 11.8 Å². The molecule has 2 unspecified atom stereocenters. The Balaban J connectivity index is 1.28. The molecule has 9 nitrogen and oxygen atoms in total. The largest absolute Gasteiger partial charge is 0.481 e. The van der Waals surface area contributed by atoms with Gasteiger partial charge in [0, 0.05) is 15.6 Å². The van der Waals surface area contributed by atoms with E-state index in [4.69, 9.17) is 84.1 Å². The van der Waals surface area contributed by atoms with Crippen molar-refractivity contribution in [2.45, 2.75) is 37.0 Å². The van der Waals surface area contributed by atoms with E-state index < -0.39 is 17.3 Å². The van der Waals surface area contributed by atoms with Gasteiger partial charge in [0.2, 0.25) is 0 Å². The van der Waals surface area contributed by atoms with Gasteiger partial charge in [-0.2, -0.15) is 0 Å². The summed E-state index contributed by atoms with van der Waals surface area (Å²) >= 11 is 39.6. The topological polar surface area (TPSA) is 104 Å². The summed E-state index contributed by atoms with van der Waals surface area (Å²) in [7, 11) is 0. The highest BCUT2D eigenvalue weighted by Gasteiger charge is 2.41. The maximum Gasteiger partial charge on any atom is 0.267 e. The number of hydrogen-bond acceptors (Lipinski definition) is 7. The van der Waals surface area contributed by atoms with Crippen molar-refractivity contribution >= 4 is 122 Å². The van der Waals surface area contributed by atoms with Gasteiger partial charge in [-0.3, -0.25) is 15.0 Å². The van der Waals surface area contributed by atoms with Crippen LogP contribution in [0.1, 0.15) is 18.1 Å². The zero-order valence-electron chi connectivity index (χ0n) is 29.2. The Morgan fingerprint density at radius 2 is 1.58 bits per heavy atom. The van der Waals surface area contributed by atoms with Crippen LogP contribution in [0.25, 0.3) is 0 Å². The molecule has 3 N–H and O–H groups in total. The summed E-state index contributed by atoms with van der Waals surface area (Å²) in [5.41, 5.74) is 6.66. The summed E-state index contributed by atoms with van der Waals surface area (Å²) in [6.45, 7) is 5.60.